The van der Waals surface area contributed by atoms with E-state index >= 15 is 0 Å². The van der Waals surface area contributed by atoms with Gasteiger partial charge in [0, 0.05) is 11.5 Å². The van der Waals surface area contributed by atoms with Crippen molar-refractivity contribution in [3.05, 3.63) is 42.0 Å². The number of allylic oxidation sites excluding steroid dienone is 1. The van der Waals surface area contributed by atoms with Crippen LogP contribution in [0.1, 0.15) is 77.1 Å². The highest BCUT2D eigenvalue weighted by Crippen LogP contribution is 2.32. The van der Waals surface area contributed by atoms with E-state index in [9.17, 15) is 0 Å². The number of hydrogen-bond donors (Lipinski definition) is 0. The van der Waals surface area contributed by atoms with Crippen LogP contribution in [0.15, 0.2) is 36.4 Å². The Bertz CT molecular complexity index is 564. The van der Waals surface area contributed by atoms with Crippen molar-refractivity contribution in [2.45, 2.75) is 71.5 Å². The summed E-state index contributed by atoms with van der Waals surface area (Å²) in [5.74, 6) is 3.16. The van der Waals surface area contributed by atoms with Crippen LogP contribution in [0.4, 0.5) is 0 Å². The molecule has 1 aliphatic carbocycles. The molecule has 0 aromatic heterocycles. The van der Waals surface area contributed by atoms with Gasteiger partial charge in [0.15, 0.2) is 6.29 Å². The predicted molar refractivity (Wildman–Crippen MR) is 114 cm³/mol. The Labute approximate surface area is 171 Å². The van der Waals surface area contributed by atoms with E-state index < -0.39 is 0 Å². The van der Waals surface area contributed by atoms with Crippen LogP contribution in [0.2, 0.25) is 0 Å². The molecule has 0 unspecified atom stereocenters. The number of benzene rings is 1. The molecular formula is C25H38O3. The molecule has 0 radical (unpaired) electrons. The van der Waals surface area contributed by atoms with Gasteiger partial charge in [-0.05, 0) is 56.1 Å². The summed E-state index contributed by atoms with van der Waals surface area (Å²) in [7, 11) is 0. The van der Waals surface area contributed by atoms with Gasteiger partial charge in [-0.1, -0.05) is 57.4 Å². The Balaban J connectivity index is 1.36. The molecule has 1 heterocycles. The normalized spacial score (nSPS) is 28.5. The lowest BCUT2D eigenvalue weighted by Gasteiger charge is -2.29. The molecule has 0 bridgehead atoms. The van der Waals surface area contributed by atoms with Crippen LogP contribution in [0.5, 0.6) is 5.75 Å². The summed E-state index contributed by atoms with van der Waals surface area (Å²) in [6.07, 6.45) is 14.9. The second-order valence-electron chi connectivity index (χ2n) is 8.53. The lowest BCUT2D eigenvalue weighted by atomic mass is 9.80. The van der Waals surface area contributed by atoms with Gasteiger partial charge in [-0.2, -0.15) is 0 Å². The average molecular weight is 387 g/mol. The molecule has 0 atom stereocenters. The number of hydrogen-bond acceptors (Lipinski definition) is 3. The fraction of sp³-hybridized carbons (Fsp3) is 0.680. The highest BCUT2D eigenvalue weighted by Gasteiger charge is 2.23. The first-order chi connectivity index (χ1) is 13.8. The summed E-state index contributed by atoms with van der Waals surface area (Å²) in [5.41, 5.74) is 1.07. The molecule has 156 valence electrons. The van der Waals surface area contributed by atoms with Crippen LogP contribution < -0.4 is 4.74 Å². The molecule has 0 N–H and O–H groups in total. The molecule has 1 saturated heterocycles. The number of rotatable bonds is 9. The molecule has 1 aliphatic heterocycles. The Morgan fingerprint density at radius 3 is 2.18 bits per heavy atom. The zero-order valence-electron chi connectivity index (χ0n) is 17.8. The van der Waals surface area contributed by atoms with Gasteiger partial charge in [0.1, 0.15) is 12.4 Å². The second kappa shape index (κ2) is 11.6. The van der Waals surface area contributed by atoms with Gasteiger partial charge in [-0.3, -0.25) is 0 Å². The largest absolute Gasteiger partial charge is 0.490 e. The first kappa shape index (κ1) is 21.4. The third-order valence-corrected chi connectivity index (χ3v) is 6.16. The monoisotopic (exact) mass is 386 g/mol. The molecule has 2 aliphatic rings. The van der Waals surface area contributed by atoms with Crippen molar-refractivity contribution in [1.29, 1.82) is 0 Å². The Kier molecular flexibility index (Phi) is 8.88. The minimum Gasteiger partial charge on any atom is -0.490 e. The molecule has 3 heteroatoms. The van der Waals surface area contributed by atoms with Crippen molar-refractivity contribution in [2.75, 3.05) is 19.8 Å². The zero-order chi connectivity index (χ0) is 19.6. The van der Waals surface area contributed by atoms with Gasteiger partial charge in [0.05, 0.1) is 13.2 Å². The van der Waals surface area contributed by atoms with Crippen LogP contribution in [-0.4, -0.2) is 19.8 Å². The summed E-state index contributed by atoms with van der Waals surface area (Å²) < 4.78 is 17.6. The fourth-order valence-corrected chi connectivity index (χ4v) is 4.50. The van der Waals surface area contributed by atoms with Gasteiger partial charge in [0.25, 0.3) is 0 Å². The van der Waals surface area contributed by atoms with Gasteiger partial charge in [0.2, 0.25) is 0 Å². The summed E-state index contributed by atoms with van der Waals surface area (Å²) in [4.78, 5) is 0. The smallest absolute Gasteiger partial charge is 0.183 e. The van der Waals surface area contributed by atoms with Crippen molar-refractivity contribution in [1.82, 2.24) is 0 Å². The minimum absolute atomic E-state index is 0.232. The van der Waals surface area contributed by atoms with E-state index in [1.807, 2.05) is 12.1 Å². The molecule has 3 rings (SSSR count). The zero-order valence-corrected chi connectivity index (χ0v) is 17.8. The molecule has 3 nitrogen and oxygen atoms in total. The third kappa shape index (κ3) is 6.63. The lowest BCUT2D eigenvalue weighted by Crippen LogP contribution is -2.26. The van der Waals surface area contributed by atoms with Crippen LogP contribution in [-0.2, 0) is 9.47 Å². The first-order valence-electron chi connectivity index (χ1n) is 11.4. The molecule has 1 aromatic rings. The van der Waals surface area contributed by atoms with Gasteiger partial charge < -0.3 is 14.2 Å². The molecule has 0 spiro atoms. The number of ether oxygens (including phenoxy) is 3. The highest BCUT2D eigenvalue weighted by atomic mass is 16.7. The fourth-order valence-electron chi connectivity index (χ4n) is 4.50. The maximum absolute atomic E-state index is 5.88. The van der Waals surface area contributed by atoms with Gasteiger partial charge >= 0.3 is 0 Å². The molecule has 2 fully saturated rings. The quantitative estimate of drug-likeness (QED) is 0.442. The third-order valence-electron chi connectivity index (χ3n) is 6.16. The van der Waals surface area contributed by atoms with Crippen molar-refractivity contribution in [3.8, 4) is 5.75 Å². The van der Waals surface area contributed by atoms with E-state index in [0.717, 1.165) is 36.4 Å². The summed E-state index contributed by atoms with van der Waals surface area (Å²) in [6.45, 7) is 6.74. The molecule has 28 heavy (non-hydrogen) atoms. The van der Waals surface area contributed by atoms with E-state index in [-0.39, 0.29) is 6.29 Å². The summed E-state index contributed by atoms with van der Waals surface area (Å²) in [6, 6.07) is 8.14. The molecule has 1 saturated carbocycles. The topological polar surface area (TPSA) is 27.7 Å². The summed E-state index contributed by atoms with van der Waals surface area (Å²) >= 11 is 0. The van der Waals surface area contributed by atoms with E-state index in [0.29, 0.717) is 12.5 Å². The first-order valence-corrected chi connectivity index (χ1v) is 11.4. The Morgan fingerprint density at radius 1 is 0.893 bits per heavy atom. The molecule has 1 aromatic carbocycles. The highest BCUT2D eigenvalue weighted by molar-refractivity contribution is 5.28. The van der Waals surface area contributed by atoms with E-state index in [1.165, 1.54) is 51.4 Å². The predicted octanol–water partition coefficient (Wildman–Crippen LogP) is 6.69. The van der Waals surface area contributed by atoms with Crippen LogP contribution in [0, 0.1) is 17.8 Å². The molecular weight excluding hydrogens is 348 g/mol. The second-order valence-corrected chi connectivity index (χ2v) is 8.53. The van der Waals surface area contributed by atoms with Crippen molar-refractivity contribution in [2.24, 2.45) is 17.8 Å². The maximum Gasteiger partial charge on any atom is 0.183 e. The molecule has 0 amide bonds. The van der Waals surface area contributed by atoms with Gasteiger partial charge in [-0.25, -0.2) is 0 Å². The van der Waals surface area contributed by atoms with Crippen molar-refractivity contribution >= 4 is 0 Å². The standard InChI is InChI=1S/C25H38O3/c1-3-6-20-9-11-21(12-10-20)8-5-17-26-24-15-13-23(14-16-24)25-27-18-22(7-4-2)19-28-25/h5,8,13-16,20-22,25H,3-4,6-7,9-12,17-19H2,1-2H3/t20-,21-,22-,25-. The summed E-state index contributed by atoms with van der Waals surface area (Å²) in [5, 5.41) is 0. The van der Waals surface area contributed by atoms with Crippen molar-refractivity contribution < 1.29 is 14.2 Å². The van der Waals surface area contributed by atoms with E-state index in [1.54, 1.807) is 0 Å². The maximum atomic E-state index is 5.88. The van der Waals surface area contributed by atoms with Gasteiger partial charge in [-0.15, -0.1) is 0 Å². The SMILES string of the molecule is CCC[C@H]1CC[C@H](C=CCOc2ccc([C@H]3OC[C@H](CCC)CO3)cc2)CC1. The van der Waals surface area contributed by atoms with Crippen LogP contribution in [0.25, 0.3) is 0 Å². The Morgan fingerprint density at radius 2 is 1.54 bits per heavy atom. The van der Waals surface area contributed by atoms with E-state index in [4.69, 9.17) is 14.2 Å². The van der Waals surface area contributed by atoms with Crippen molar-refractivity contribution in [3.63, 3.8) is 0 Å². The van der Waals surface area contributed by atoms with Crippen LogP contribution in [0.3, 0.4) is 0 Å². The van der Waals surface area contributed by atoms with Crippen LogP contribution >= 0.6 is 0 Å². The minimum atomic E-state index is -0.232. The Hall–Kier alpha value is -1.32. The lowest BCUT2D eigenvalue weighted by molar-refractivity contribution is -0.206. The van der Waals surface area contributed by atoms with E-state index in [2.05, 4.69) is 38.1 Å². The average Bonchev–Trinajstić information content (AvgIpc) is 2.74.